The Balaban J connectivity index is 1.23. The number of piperazine rings is 1. The fraction of sp³-hybridized carbons (Fsp3) is 0.484. The van der Waals surface area contributed by atoms with Gasteiger partial charge in [-0.15, -0.1) is 0 Å². The van der Waals surface area contributed by atoms with E-state index in [4.69, 9.17) is 4.74 Å². The molecule has 9 nitrogen and oxygen atoms in total. The second-order valence-electron chi connectivity index (χ2n) is 12.2. The monoisotopic (exact) mass is 541 g/mol. The van der Waals surface area contributed by atoms with E-state index in [1.807, 2.05) is 34.1 Å². The van der Waals surface area contributed by atoms with Crippen LogP contribution in [-0.4, -0.2) is 82.0 Å². The molecule has 6 rings (SSSR count). The summed E-state index contributed by atoms with van der Waals surface area (Å²) in [5.41, 5.74) is 3.90. The van der Waals surface area contributed by atoms with Gasteiger partial charge in [0.05, 0.1) is 18.2 Å². The van der Waals surface area contributed by atoms with Crippen molar-refractivity contribution in [1.82, 2.24) is 20.0 Å². The number of fused-ring (bicyclic) bond motifs is 5. The van der Waals surface area contributed by atoms with E-state index in [2.05, 4.69) is 35.7 Å². The molecule has 208 valence electrons. The summed E-state index contributed by atoms with van der Waals surface area (Å²) in [6, 6.07) is 16.8. The highest BCUT2D eigenvalue weighted by atomic mass is 16.6. The first-order valence-corrected chi connectivity index (χ1v) is 14.1. The number of carbonyl (C=O) groups excluding carboxylic acids is 3. The van der Waals surface area contributed by atoms with Crippen LogP contribution in [0, 0.1) is 11.3 Å². The number of nitrogens with one attached hydrogen (secondary N) is 1. The van der Waals surface area contributed by atoms with Gasteiger partial charge in [0.15, 0.2) is 0 Å². The number of rotatable bonds is 5. The predicted molar refractivity (Wildman–Crippen MR) is 148 cm³/mol. The molecule has 3 aliphatic heterocycles. The standard InChI is InChI=1S/C31H35N5O4/c1-31(2,3)40-30(39)33-25(28(37)35-14-8-9-19(35)16-32)18-34-17-20-15-26(34)29(38)36(20)27-23-12-6-4-10-21(23)22-11-5-7-13-24(22)27/h4-7,10-13,19-20,25-27H,8-9,14-15,17-18H2,1-3H3,(H,33,39)/t19?,20-,25?,26?/m0/s1. The number of ether oxygens (including phenoxy) is 1. The molecule has 4 atom stereocenters. The van der Waals surface area contributed by atoms with Crippen molar-refractivity contribution in [2.24, 2.45) is 0 Å². The summed E-state index contributed by atoms with van der Waals surface area (Å²) < 4.78 is 5.45. The molecule has 2 aromatic carbocycles. The molecule has 3 saturated heterocycles. The van der Waals surface area contributed by atoms with E-state index < -0.39 is 23.8 Å². The third kappa shape index (κ3) is 4.50. The number of likely N-dealkylation sites (tertiary alicyclic amines) is 3. The number of amides is 3. The highest BCUT2D eigenvalue weighted by Gasteiger charge is 2.54. The first kappa shape index (κ1) is 26.3. The Bertz CT molecular complexity index is 1350. The molecule has 3 heterocycles. The van der Waals surface area contributed by atoms with Gasteiger partial charge in [-0.25, -0.2) is 4.79 Å². The lowest BCUT2D eigenvalue weighted by Gasteiger charge is -2.39. The molecule has 0 aromatic heterocycles. The van der Waals surface area contributed by atoms with Gasteiger partial charge >= 0.3 is 6.09 Å². The van der Waals surface area contributed by atoms with E-state index in [1.54, 1.807) is 25.7 Å². The second kappa shape index (κ2) is 9.93. The van der Waals surface area contributed by atoms with Crippen molar-refractivity contribution < 1.29 is 19.1 Å². The summed E-state index contributed by atoms with van der Waals surface area (Å²) in [6.45, 7) is 6.57. The quantitative estimate of drug-likeness (QED) is 0.622. The van der Waals surface area contributed by atoms with Crippen LogP contribution in [0.4, 0.5) is 4.79 Å². The molecule has 0 radical (unpaired) electrons. The second-order valence-corrected chi connectivity index (χ2v) is 12.2. The number of alkyl carbamates (subject to hydrolysis) is 1. The molecular formula is C31H35N5O4. The molecule has 4 aliphatic rings. The summed E-state index contributed by atoms with van der Waals surface area (Å²) in [6.07, 6.45) is 1.36. The Kier molecular flexibility index (Phi) is 6.54. The van der Waals surface area contributed by atoms with Crippen molar-refractivity contribution in [2.45, 2.75) is 75.8 Å². The van der Waals surface area contributed by atoms with Crippen LogP contribution >= 0.6 is 0 Å². The van der Waals surface area contributed by atoms with Gasteiger partial charge in [-0.05, 0) is 62.3 Å². The van der Waals surface area contributed by atoms with Crippen molar-refractivity contribution in [3.63, 3.8) is 0 Å². The maximum absolute atomic E-state index is 13.9. The van der Waals surface area contributed by atoms with Crippen LogP contribution in [0.2, 0.25) is 0 Å². The van der Waals surface area contributed by atoms with Gasteiger partial charge in [0.2, 0.25) is 11.8 Å². The topological polar surface area (TPSA) is 106 Å². The summed E-state index contributed by atoms with van der Waals surface area (Å²) >= 11 is 0. The largest absolute Gasteiger partial charge is 0.444 e. The van der Waals surface area contributed by atoms with E-state index in [-0.39, 0.29) is 36.5 Å². The van der Waals surface area contributed by atoms with Crippen LogP contribution in [-0.2, 0) is 14.3 Å². The molecule has 0 saturated carbocycles. The molecule has 3 fully saturated rings. The van der Waals surface area contributed by atoms with E-state index in [1.165, 1.54) is 11.1 Å². The molecule has 40 heavy (non-hydrogen) atoms. The highest BCUT2D eigenvalue weighted by molar-refractivity contribution is 5.90. The lowest BCUT2D eigenvalue weighted by atomic mass is 10.0. The minimum absolute atomic E-state index is 0.00219. The van der Waals surface area contributed by atoms with Crippen molar-refractivity contribution in [3.05, 3.63) is 59.7 Å². The number of hydrogen-bond donors (Lipinski definition) is 1. The molecule has 1 aliphatic carbocycles. The smallest absolute Gasteiger partial charge is 0.408 e. The summed E-state index contributed by atoms with van der Waals surface area (Å²) in [5, 5.41) is 12.3. The van der Waals surface area contributed by atoms with Crippen molar-refractivity contribution in [2.75, 3.05) is 19.6 Å². The van der Waals surface area contributed by atoms with E-state index in [0.717, 1.165) is 17.5 Å². The first-order valence-electron chi connectivity index (χ1n) is 14.1. The van der Waals surface area contributed by atoms with Crippen molar-refractivity contribution >= 4 is 17.9 Å². The summed E-state index contributed by atoms with van der Waals surface area (Å²) in [5.74, 6) is -0.257. The molecule has 3 unspecified atom stereocenters. The highest BCUT2D eigenvalue weighted by Crippen LogP contribution is 2.50. The van der Waals surface area contributed by atoms with Crippen LogP contribution in [0.3, 0.4) is 0 Å². The molecular weight excluding hydrogens is 506 g/mol. The van der Waals surface area contributed by atoms with Gasteiger partial charge in [-0.3, -0.25) is 14.5 Å². The zero-order chi connectivity index (χ0) is 28.2. The number of carbonyl (C=O) groups is 3. The Labute approximate surface area is 234 Å². The van der Waals surface area contributed by atoms with Crippen LogP contribution in [0.25, 0.3) is 11.1 Å². The fourth-order valence-electron chi connectivity index (χ4n) is 6.89. The zero-order valence-corrected chi connectivity index (χ0v) is 23.2. The van der Waals surface area contributed by atoms with Crippen LogP contribution < -0.4 is 5.32 Å². The van der Waals surface area contributed by atoms with Gasteiger partial charge in [-0.1, -0.05) is 48.5 Å². The van der Waals surface area contributed by atoms with E-state index >= 15 is 0 Å². The van der Waals surface area contributed by atoms with Gasteiger partial charge in [0.25, 0.3) is 0 Å². The van der Waals surface area contributed by atoms with E-state index in [0.29, 0.717) is 25.9 Å². The lowest BCUT2D eigenvalue weighted by molar-refractivity contribution is -0.140. The van der Waals surface area contributed by atoms with Gasteiger partial charge in [-0.2, -0.15) is 5.26 Å². The minimum Gasteiger partial charge on any atom is -0.444 e. The Hall–Kier alpha value is -3.90. The normalized spacial score (nSPS) is 24.6. The Morgan fingerprint density at radius 1 is 1.10 bits per heavy atom. The fourth-order valence-corrected chi connectivity index (χ4v) is 6.89. The number of nitriles is 1. The zero-order valence-electron chi connectivity index (χ0n) is 23.2. The maximum atomic E-state index is 13.9. The van der Waals surface area contributed by atoms with Crippen molar-refractivity contribution in [3.8, 4) is 17.2 Å². The predicted octanol–water partition coefficient (Wildman–Crippen LogP) is 3.45. The molecule has 1 N–H and O–H groups in total. The number of benzene rings is 2. The van der Waals surface area contributed by atoms with Crippen LogP contribution in [0.1, 0.15) is 57.2 Å². The van der Waals surface area contributed by atoms with Gasteiger partial charge in [0.1, 0.15) is 17.7 Å². The van der Waals surface area contributed by atoms with Gasteiger partial charge in [0, 0.05) is 25.7 Å². The lowest BCUT2D eigenvalue weighted by Crippen LogP contribution is -2.59. The summed E-state index contributed by atoms with van der Waals surface area (Å²) in [7, 11) is 0. The Morgan fingerprint density at radius 3 is 2.35 bits per heavy atom. The first-order chi connectivity index (χ1) is 19.2. The summed E-state index contributed by atoms with van der Waals surface area (Å²) in [4.78, 5) is 45.9. The number of hydrogen-bond acceptors (Lipinski definition) is 6. The van der Waals surface area contributed by atoms with Crippen LogP contribution in [0.5, 0.6) is 0 Å². The third-order valence-electron chi connectivity index (χ3n) is 8.48. The van der Waals surface area contributed by atoms with Crippen LogP contribution in [0.15, 0.2) is 48.5 Å². The third-order valence-corrected chi connectivity index (χ3v) is 8.48. The van der Waals surface area contributed by atoms with Gasteiger partial charge < -0.3 is 19.9 Å². The minimum atomic E-state index is -0.919. The molecule has 3 amide bonds. The molecule has 9 heteroatoms. The Morgan fingerprint density at radius 2 is 1.75 bits per heavy atom. The average molecular weight is 542 g/mol. The number of nitrogens with zero attached hydrogens (tertiary/aromatic N) is 4. The van der Waals surface area contributed by atoms with Crippen molar-refractivity contribution in [1.29, 1.82) is 5.26 Å². The molecule has 0 spiro atoms. The van der Waals surface area contributed by atoms with E-state index in [9.17, 15) is 19.6 Å². The average Bonchev–Trinajstić information content (AvgIpc) is 3.68. The maximum Gasteiger partial charge on any atom is 0.408 e. The SMILES string of the molecule is CC(C)(C)OC(=O)NC(CN1C[C@@H]2CC1C(=O)N2C1c2ccccc2-c2ccccc21)C(=O)N1CCCC1C#N. The molecule has 2 bridgehead atoms. The molecule has 2 aromatic rings.